The predicted molar refractivity (Wildman–Crippen MR) is 59.0 cm³/mol. The Morgan fingerprint density at radius 1 is 1.47 bits per heavy atom. The Labute approximate surface area is 99.3 Å². The van der Waals surface area contributed by atoms with Crippen LogP contribution in [0.15, 0.2) is 16.5 Å². The van der Waals surface area contributed by atoms with Gasteiger partial charge in [-0.1, -0.05) is 0 Å². The van der Waals surface area contributed by atoms with Gasteiger partial charge in [0.1, 0.15) is 11.9 Å². The average Bonchev–Trinajstić information content (AvgIpc) is 2.79. The Morgan fingerprint density at radius 2 is 2.18 bits per heavy atom. The highest BCUT2D eigenvalue weighted by atomic mass is 16.5. The quantitative estimate of drug-likeness (QED) is 0.874. The molecular weight excluding hydrogens is 224 g/mol. The third-order valence-corrected chi connectivity index (χ3v) is 2.80. The van der Waals surface area contributed by atoms with Gasteiger partial charge in [0, 0.05) is 13.2 Å². The lowest BCUT2D eigenvalue weighted by Crippen LogP contribution is -2.24. The van der Waals surface area contributed by atoms with Crippen LogP contribution in [0.5, 0.6) is 0 Å². The Bertz CT molecular complexity index is 378. The first-order valence-corrected chi connectivity index (χ1v) is 5.73. The standard InChI is InChI=1S/C12H16O5/c1-8(16-9-4-6-15-7-5-9)10-2-3-11(17-10)12(13)14/h2-3,8-9H,4-7H2,1H3,(H,13,14). The summed E-state index contributed by atoms with van der Waals surface area (Å²) < 4.78 is 16.2. The number of carboxylic acid groups (broad SMARTS) is 1. The van der Waals surface area contributed by atoms with Crippen LogP contribution in [0.2, 0.25) is 0 Å². The second-order valence-corrected chi connectivity index (χ2v) is 4.10. The molecule has 0 radical (unpaired) electrons. The van der Waals surface area contributed by atoms with Crippen molar-refractivity contribution in [3.8, 4) is 0 Å². The Morgan fingerprint density at radius 3 is 2.76 bits per heavy atom. The molecule has 1 N–H and O–H groups in total. The highest BCUT2D eigenvalue weighted by molar-refractivity contribution is 5.84. The third kappa shape index (κ3) is 3.08. The van der Waals surface area contributed by atoms with Crippen LogP contribution < -0.4 is 0 Å². The zero-order chi connectivity index (χ0) is 12.3. The molecule has 1 saturated heterocycles. The topological polar surface area (TPSA) is 68.9 Å². The number of hydrogen-bond donors (Lipinski definition) is 1. The summed E-state index contributed by atoms with van der Waals surface area (Å²) in [7, 11) is 0. The molecule has 0 saturated carbocycles. The minimum Gasteiger partial charge on any atom is -0.475 e. The molecule has 5 heteroatoms. The second-order valence-electron chi connectivity index (χ2n) is 4.10. The van der Waals surface area contributed by atoms with E-state index in [4.69, 9.17) is 19.0 Å². The second kappa shape index (κ2) is 5.33. The van der Waals surface area contributed by atoms with Crippen LogP contribution in [-0.4, -0.2) is 30.4 Å². The van der Waals surface area contributed by atoms with Crippen molar-refractivity contribution in [1.29, 1.82) is 0 Å². The lowest BCUT2D eigenvalue weighted by Gasteiger charge is -2.25. The van der Waals surface area contributed by atoms with Crippen molar-refractivity contribution in [2.45, 2.75) is 32.0 Å². The number of hydrogen-bond acceptors (Lipinski definition) is 4. The minimum absolute atomic E-state index is 0.0533. The first-order chi connectivity index (χ1) is 8.16. The predicted octanol–water partition coefficient (Wildman–Crippen LogP) is 2.23. The van der Waals surface area contributed by atoms with Crippen LogP contribution in [-0.2, 0) is 9.47 Å². The first kappa shape index (κ1) is 12.1. The van der Waals surface area contributed by atoms with Crippen molar-refractivity contribution in [1.82, 2.24) is 0 Å². The molecule has 1 atom stereocenters. The normalized spacial score (nSPS) is 19.1. The molecule has 1 aliphatic rings. The van der Waals surface area contributed by atoms with Gasteiger partial charge in [-0.2, -0.15) is 0 Å². The lowest BCUT2D eigenvalue weighted by molar-refractivity contribution is -0.0695. The van der Waals surface area contributed by atoms with Gasteiger partial charge in [0.15, 0.2) is 0 Å². The van der Waals surface area contributed by atoms with Crippen molar-refractivity contribution >= 4 is 5.97 Å². The third-order valence-electron chi connectivity index (χ3n) is 2.80. The van der Waals surface area contributed by atoms with Gasteiger partial charge in [-0.25, -0.2) is 4.79 Å². The van der Waals surface area contributed by atoms with Gasteiger partial charge in [-0.05, 0) is 31.9 Å². The van der Waals surface area contributed by atoms with Gasteiger partial charge in [-0.3, -0.25) is 0 Å². The lowest BCUT2D eigenvalue weighted by atomic mass is 10.1. The Balaban J connectivity index is 1.93. The van der Waals surface area contributed by atoms with Crippen molar-refractivity contribution in [3.05, 3.63) is 23.7 Å². The van der Waals surface area contributed by atoms with E-state index >= 15 is 0 Å². The van der Waals surface area contributed by atoms with Crippen LogP contribution in [0.1, 0.15) is 42.2 Å². The highest BCUT2D eigenvalue weighted by Crippen LogP contribution is 2.24. The zero-order valence-electron chi connectivity index (χ0n) is 9.72. The van der Waals surface area contributed by atoms with E-state index in [-0.39, 0.29) is 18.0 Å². The molecule has 0 aromatic carbocycles. The van der Waals surface area contributed by atoms with Crippen molar-refractivity contribution < 1.29 is 23.8 Å². The summed E-state index contributed by atoms with van der Waals surface area (Å²) in [6, 6.07) is 3.09. The summed E-state index contributed by atoms with van der Waals surface area (Å²) >= 11 is 0. The van der Waals surface area contributed by atoms with E-state index in [1.807, 2.05) is 6.92 Å². The van der Waals surface area contributed by atoms with Gasteiger partial charge in [0.05, 0.1) is 6.10 Å². The average molecular weight is 240 g/mol. The van der Waals surface area contributed by atoms with Gasteiger partial charge in [0.25, 0.3) is 0 Å². The number of furan rings is 1. The van der Waals surface area contributed by atoms with Crippen molar-refractivity contribution in [2.75, 3.05) is 13.2 Å². The zero-order valence-corrected chi connectivity index (χ0v) is 9.72. The molecule has 2 rings (SSSR count). The van der Waals surface area contributed by atoms with Crippen LogP contribution in [0.25, 0.3) is 0 Å². The maximum absolute atomic E-state index is 10.7. The van der Waals surface area contributed by atoms with Gasteiger partial charge >= 0.3 is 5.97 Å². The van der Waals surface area contributed by atoms with E-state index in [1.54, 1.807) is 6.07 Å². The molecule has 0 amide bonds. The number of rotatable bonds is 4. The molecule has 2 heterocycles. The molecule has 0 spiro atoms. The fraction of sp³-hybridized carbons (Fsp3) is 0.583. The first-order valence-electron chi connectivity index (χ1n) is 5.73. The molecule has 0 aliphatic carbocycles. The molecular formula is C12H16O5. The molecule has 1 aromatic rings. The van der Waals surface area contributed by atoms with E-state index < -0.39 is 5.97 Å². The molecule has 5 nitrogen and oxygen atoms in total. The van der Waals surface area contributed by atoms with Gasteiger partial charge in [0.2, 0.25) is 5.76 Å². The smallest absolute Gasteiger partial charge is 0.371 e. The summed E-state index contributed by atoms with van der Waals surface area (Å²) in [5.74, 6) is -0.564. The SMILES string of the molecule is CC(OC1CCOCC1)c1ccc(C(=O)O)o1. The molecule has 1 fully saturated rings. The number of aromatic carboxylic acids is 1. The van der Waals surface area contributed by atoms with E-state index in [9.17, 15) is 4.79 Å². The fourth-order valence-electron chi connectivity index (χ4n) is 1.85. The number of ether oxygens (including phenoxy) is 2. The molecule has 1 aliphatic heterocycles. The monoisotopic (exact) mass is 240 g/mol. The number of carbonyl (C=O) groups is 1. The van der Waals surface area contributed by atoms with E-state index in [0.29, 0.717) is 5.76 Å². The van der Waals surface area contributed by atoms with Crippen LogP contribution in [0.4, 0.5) is 0 Å². The molecule has 1 unspecified atom stereocenters. The van der Waals surface area contributed by atoms with Gasteiger partial charge < -0.3 is 19.0 Å². The van der Waals surface area contributed by atoms with Crippen LogP contribution >= 0.6 is 0 Å². The van der Waals surface area contributed by atoms with Crippen molar-refractivity contribution in [2.24, 2.45) is 0 Å². The Hall–Kier alpha value is -1.33. The highest BCUT2D eigenvalue weighted by Gasteiger charge is 2.20. The molecule has 94 valence electrons. The minimum atomic E-state index is -1.06. The summed E-state index contributed by atoms with van der Waals surface area (Å²) in [4.78, 5) is 10.7. The largest absolute Gasteiger partial charge is 0.475 e. The maximum Gasteiger partial charge on any atom is 0.371 e. The summed E-state index contributed by atoms with van der Waals surface area (Å²) in [5.41, 5.74) is 0. The molecule has 17 heavy (non-hydrogen) atoms. The fourth-order valence-corrected chi connectivity index (χ4v) is 1.85. The Kier molecular flexibility index (Phi) is 3.81. The summed E-state index contributed by atoms with van der Waals surface area (Å²) in [6.07, 6.45) is 1.68. The molecule has 0 bridgehead atoms. The number of carboxylic acids is 1. The summed E-state index contributed by atoms with van der Waals surface area (Å²) in [5, 5.41) is 8.75. The van der Waals surface area contributed by atoms with Crippen LogP contribution in [0.3, 0.4) is 0 Å². The van der Waals surface area contributed by atoms with Crippen LogP contribution in [0, 0.1) is 0 Å². The maximum atomic E-state index is 10.7. The van der Waals surface area contributed by atoms with E-state index in [2.05, 4.69) is 0 Å². The van der Waals surface area contributed by atoms with E-state index in [0.717, 1.165) is 26.1 Å². The van der Waals surface area contributed by atoms with E-state index in [1.165, 1.54) is 6.07 Å². The summed E-state index contributed by atoms with van der Waals surface area (Å²) in [6.45, 7) is 3.30. The van der Waals surface area contributed by atoms with Gasteiger partial charge in [-0.15, -0.1) is 0 Å². The molecule has 1 aromatic heterocycles. The van der Waals surface area contributed by atoms with Crippen molar-refractivity contribution in [3.63, 3.8) is 0 Å².